The van der Waals surface area contributed by atoms with E-state index in [0.29, 0.717) is 6.67 Å². The molecule has 0 radical (unpaired) electrons. The molecule has 0 amide bonds. The highest BCUT2D eigenvalue weighted by Gasteiger charge is 2.21. The predicted octanol–water partition coefficient (Wildman–Crippen LogP) is 3.89. The number of benzene rings is 3. The molecule has 0 saturated heterocycles. The first-order valence-corrected chi connectivity index (χ1v) is 9.83. The summed E-state index contributed by atoms with van der Waals surface area (Å²) in [6.45, 7) is 0.589. The van der Waals surface area contributed by atoms with Gasteiger partial charge in [-0.2, -0.15) is 0 Å². The van der Waals surface area contributed by atoms with Gasteiger partial charge in [0.2, 0.25) is 0 Å². The highest BCUT2D eigenvalue weighted by Crippen LogP contribution is 2.31. The third-order valence-corrected chi connectivity index (χ3v) is 5.39. The standard InChI is InChI=1S/C23H21BrN2O2/c1-27-20-9-4-16(5-10-20)23(17-6-11-21(28-2)12-7-17)26-14-18-3-8-19(24)13-22(18)25-15-26/h3-14,23H,15H2,1-2H3. The van der Waals surface area contributed by atoms with E-state index in [2.05, 4.69) is 63.4 Å². The molecule has 4 rings (SSSR count). The second kappa shape index (κ2) is 8.07. The normalized spacial score (nSPS) is 12.8. The molecule has 0 aliphatic carbocycles. The Morgan fingerprint density at radius 3 is 1.96 bits per heavy atom. The van der Waals surface area contributed by atoms with Gasteiger partial charge in [-0.3, -0.25) is 4.99 Å². The number of rotatable bonds is 5. The molecule has 1 aliphatic heterocycles. The molecule has 4 nitrogen and oxygen atoms in total. The number of halogens is 1. The van der Waals surface area contributed by atoms with Crippen molar-refractivity contribution in [1.82, 2.24) is 4.90 Å². The van der Waals surface area contributed by atoms with Crippen LogP contribution in [0.25, 0.3) is 6.20 Å². The van der Waals surface area contributed by atoms with E-state index >= 15 is 0 Å². The summed E-state index contributed by atoms with van der Waals surface area (Å²) in [4.78, 5) is 7.05. The summed E-state index contributed by atoms with van der Waals surface area (Å²) in [5, 5.41) is 2.12. The average Bonchev–Trinajstić information content (AvgIpc) is 2.75. The van der Waals surface area contributed by atoms with Gasteiger partial charge in [0.1, 0.15) is 18.2 Å². The van der Waals surface area contributed by atoms with Crippen LogP contribution in [-0.4, -0.2) is 25.8 Å². The maximum absolute atomic E-state index is 5.33. The van der Waals surface area contributed by atoms with Crippen molar-refractivity contribution in [2.24, 2.45) is 4.99 Å². The van der Waals surface area contributed by atoms with Crippen molar-refractivity contribution in [3.63, 3.8) is 0 Å². The summed E-state index contributed by atoms with van der Waals surface area (Å²) < 4.78 is 11.7. The first-order chi connectivity index (χ1) is 13.7. The maximum Gasteiger partial charge on any atom is 0.118 e. The molecular weight excluding hydrogens is 416 g/mol. The van der Waals surface area contributed by atoms with Crippen LogP contribution >= 0.6 is 15.9 Å². The van der Waals surface area contributed by atoms with Crippen LogP contribution in [0.5, 0.6) is 11.5 Å². The van der Waals surface area contributed by atoms with Gasteiger partial charge in [0.25, 0.3) is 0 Å². The van der Waals surface area contributed by atoms with Crippen molar-refractivity contribution in [2.45, 2.75) is 6.04 Å². The first-order valence-electron chi connectivity index (χ1n) is 9.03. The zero-order valence-corrected chi connectivity index (χ0v) is 17.4. The minimum absolute atomic E-state index is 0.0392. The van der Waals surface area contributed by atoms with Gasteiger partial charge in [0, 0.05) is 15.9 Å². The van der Waals surface area contributed by atoms with Crippen LogP contribution in [0.4, 0.5) is 0 Å². The number of fused-ring (bicyclic) bond motifs is 1. The van der Waals surface area contributed by atoms with Gasteiger partial charge < -0.3 is 14.4 Å². The smallest absolute Gasteiger partial charge is 0.118 e. The fourth-order valence-corrected chi connectivity index (χ4v) is 3.79. The SMILES string of the molecule is COc1ccc(C(c2ccc(OC)cc2)N2C=c3ccc(Br)cc3=NC2)cc1. The van der Waals surface area contributed by atoms with E-state index in [1.807, 2.05) is 30.3 Å². The Labute approximate surface area is 172 Å². The van der Waals surface area contributed by atoms with E-state index < -0.39 is 0 Å². The molecule has 0 spiro atoms. The summed E-state index contributed by atoms with van der Waals surface area (Å²) in [6, 6.07) is 22.7. The van der Waals surface area contributed by atoms with Crippen molar-refractivity contribution < 1.29 is 9.47 Å². The minimum atomic E-state index is 0.0392. The summed E-state index contributed by atoms with van der Waals surface area (Å²) in [5.41, 5.74) is 2.36. The molecule has 0 unspecified atom stereocenters. The van der Waals surface area contributed by atoms with Gasteiger partial charge in [-0.25, -0.2) is 0 Å². The van der Waals surface area contributed by atoms with Crippen LogP contribution < -0.4 is 20.0 Å². The Hall–Kier alpha value is -2.79. The van der Waals surface area contributed by atoms with E-state index in [0.717, 1.165) is 26.5 Å². The molecule has 0 aromatic heterocycles. The van der Waals surface area contributed by atoms with E-state index in [-0.39, 0.29) is 6.04 Å². The third-order valence-electron chi connectivity index (χ3n) is 4.90. The lowest BCUT2D eigenvalue weighted by atomic mass is 9.97. The number of hydrogen-bond acceptors (Lipinski definition) is 4. The Morgan fingerprint density at radius 1 is 0.857 bits per heavy atom. The van der Waals surface area contributed by atoms with Crippen molar-refractivity contribution in [3.05, 3.63) is 92.9 Å². The zero-order chi connectivity index (χ0) is 19.5. The molecule has 0 saturated carbocycles. The number of methoxy groups -OCH3 is 2. The fraction of sp³-hybridized carbons (Fsp3) is 0.174. The first kappa shape index (κ1) is 18.6. The van der Waals surface area contributed by atoms with E-state index in [9.17, 15) is 0 Å². The molecule has 0 atom stereocenters. The lowest BCUT2D eigenvalue weighted by Crippen LogP contribution is -2.37. The largest absolute Gasteiger partial charge is 0.497 e. The molecule has 0 fully saturated rings. The summed E-state index contributed by atoms with van der Waals surface area (Å²) in [7, 11) is 3.37. The van der Waals surface area contributed by atoms with E-state index in [1.54, 1.807) is 14.2 Å². The molecule has 5 heteroatoms. The Kier molecular flexibility index (Phi) is 5.35. The van der Waals surface area contributed by atoms with E-state index in [4.69, 9.17) is 14.5 Å². The molecule has 3 aromatic carbocycles. The monoisotopic (exact) mass is 436 g/mol. The number of hydrogen-bond donors (Lipinski definition) is 0. The summed E-state index contributed by atoms with van der Waals surface area (Å²) in [6.07, 6.45) is 2.19. The molecular formula is C23H21BrN2O2. The Bertz CT molecular complexity index is 1030. The summed E-state index contributed by atoms with van der Waals surface area (Å²) >= 11 is 3.52. The van der Waals surface area contributed by atoms with Crippen molar-refractivity contribution in [2.75, 3.05) is 20.9 Å². The highest BCUT2D eigenvalue weighted by molar-refractivity contribution is 9.10. The van der Waals surface area contributed by atoms with Gasteiger partial charge >= 0.3 is 0 Å². The van der Waals surface area contributed by atoms with Crippen LogP contribution in [0.3, 0.4) is 0 Å². The molecule has 0 N–H and O–H groups in total. The second-order valence-corrected chi connectivity index (χ2v) is 7.51. The van der Waals surface area contributed by atoms with Crippen molar-refractivity contribution in [3.8, 4) is 11.5 Å². The quantitative estimate of drug-likeness (QED) is 0.608. The fourth-order valence-electron chi connectivity index (χ4n) is 3.44. The predicted molar refractivity (Wildman–Crippen MR) is 114 cm³/mol. The Balaban J connectivity index is 1.78. The van der Waals surface area contributed by atoms with Gasteiger partial charge in [0.15, 0.2) is 0 Å². The minimum Gasteiger partial charge on any atom is -0.497 e. The van der Waals surface area contributed by atoms with Crippen LogP contribution in [0.1, 0.15) is 17.2 Å². The van der Waals surface area contributed by atoms with Crippen LogP contribution in [0, 0.1) is 0 Å². The molecule has 28 heavy (non-hydrogen) atoms. The number of nitrogens with zero attached hydrogens (tertiary/aromatic N) is 2. The van der Waals surface area contributed by atoms with Crippen molar-refractivity contribution >= 4 is 22.1 Å². The summed E-state index contributed by atoms with van der Waals surface area (Å²) in [5.74, 6) is 1.69. The lowest BCUT2D eigenvalue weighted by molar-refractivity contribution is 0.350. The topological polar surface area (TPSA) is 34.1 Å². The van der Waals surface area contributed by atoms with Gasteiger partial charge in [0.05, 0.1) is 25.6 Å². The molecule has 142 valence electrons. The molecule has 1 aliphatic rings. The zero-order valence-electron chi connectivity index (χ0n) is 15.8. The second-order valence-electron chi connectivity index (χ2n) is 6.59. The van der Waals surface area contributed by atoms with Crippen molar-refractivity contribution in [1.29, 1.82) is 0 Å². The molecule has 3 aromatic rings. The lowest BCUT2D eigenvalue weighted by Gasteiger charge is -2.31. The van der Waals surface area contributed by atoms with Crippen LogP contribution in [-0.2, 0) is 0 Å². The highest BCUT2D eigenvalue weighted by atomic mass is 79.9. The average molecular weight is 437 g/mol. The number of ether oxygens (including phenoxy) is 2. The maximum atomic E-state index is 5.33. The Morgan fingerprint density at radius 2 is 1.43 bits per heavy atom. The van der Waals surface area contributed by atoms with Gasteiger partial charge in [-0.1, -0.05) is 46.3 Å². The van der Waals surface area contributed by atoms with Crippen LogP contribution in [0.2, 0.25) is 0 Å². The van der Waals surface area contributed by atoms with Gasteiger partial charge in [-0.05, 0) is 47.5 Å². The molecule has 0 bridgehead atoms. The third kappa shape index (κ3) is 3.76. The van der Waals surface area contributed by atoms with Crippen LogP contribution in [0.15, 0.2) is 76.2 Å². The van der Waals surface area contributed by atoms with Gasteiger partial charge in [-0.15, -0.1) is 0 Å². The molecule has 1 heterocycles. The van der Waals surface area contributed by atoms with E-state index in [1.165, 1.54) is 11.1 Å².